The lowest BCUT2D eigenvalue weighted by Crippen LogP contribution is -2.32. The number of amides is 2. The molecule has 150 valence electrons. The van der Waals surface area contributed by atoms with E-state index in [1.165, 1.54) is 24.3 Å². The topological polar surface area (TPSA) is 49.4 Å². The van der Waals surface area contributed by atoms with Gasteiger partial charge in [0.1, 0.15) is 11.5 Å². The van der Waals surface area contributed by atoms with Gasteiger partial charge in [0.15, 0.2) is 0 Å². The Balaban J connectivity index is 1.84. The van der Waals surface area contributed by atoms with Gasteiger partial charge in [0, 0.05) is 10.7 Å². The molecular formula is C24H18ClFN2O2. The molecule has 1 N–H and O–H groups in total. The third-order valence-corrected chi connectivity index (χ3v) is 5.42. The molecule has 2 amide bonds. The van der Waals surface area contributed by atoms with E-state index in [0.717, 1.165) is 21.7 Å². The highest BCUT2D eigenvalue weighted by molar-refractivity contribution is 6.46. The molecule has 0 spiro atoms. The monoisotopic (exact) mass is 420 g/mol. The Kier molecular flexibility index (Phi) is 5.14. The number of rotatable bonds is 4. The minimum atomic E-state index is -0.502. The van der Waals surface area contributed by atoms with Crippen LogP contribution < -0.4 is 10.2 Å². The molecule has 6 heteroatoms. The molecule has 3 aromatic rings. The molecule has 1 aliphatic heterocycles. The van der Waals surface area contributed by atoms with Crippen molar-refractivity contribution in [3.05, 3.63) is 100.0 Å². The highest BCUT2D eigenvalue weighted by Crippen LogP contribution is 2.35. The summed E-state index contributed by atoms with van der Waals surface area (Å²) < 4.78 is 13.4. The van der Waals surface area contributed by atoms with Gasteiger partial charge < -0.3 is 5.32 Å². The Hall–Kier alpha value is -3.44. The van der Waals surface area contributed by atoms with E-state index >= 15 is 0 Å². The summed E-state index contributed by atoms with van der Waals surface area (Å²) in [5.41, 5.74) is 4.04. The standard InChI is InChI=1S/C24H18ClFN2O2/c1-14-4-3-5-20(15(14)2)27-22-21(16-6-8-17(25)9-7-16)23(29)28(24(22)30)19-12-10-18(26)11-13-19/h3-13,27H,1-2H3. The first-order valence-corrected chi connectivity index (χ1v) is 9.72. The number of hydrogen-bond donors (Lipinski definition) is 1. The van der Waals surface area contributed by atoms with Crippen molar-refractivity contribution < 1.29 is 14.0 Å². The first-order chi connectivity index (χ1) is 14.4. The highest BCUT2D eigenvalue weighted by atomic mass is 35.5. The van der Waals surface area contributed by atoms with Gasteiger partial charge in [-0.3, -0.25) is 9.59 Å². The molecule has 30 heavy (non-hydrogen) atoms. The van der Waals surface area contributed by atoms with Crippen molar-refractivity contribution in [3.63, 3.8) is 0 Å². The molecule has 0 fully saturated rings. The van der Waals surface area contributed by atoms with Crippen LogP contribution in [0, 0.1) is 19.7 Å². The maximum Gasteiger partial charge on any atom is 0.282 e. The third-order valence-electron chi connectivity index (χ3n) is 5.17. The smallest absolute Gasteiger partial charge is 0.282 e. The van der Waals surface area contributed by atoms with Crippen molar-refractivity contribution in [3.8, 4) is 0 Å². The van der Waals surface area contributed by atoms with Crippen molar-refractivity contribution in [2.75, 3.05) is 10.2 Å². The van der Waals surface area contributed by atoms with E-state index in [2.05, 4.69) is 5.32 Å². The second-order valence-electron chi connectivity index (χ2n) is 7.05. The molecule has 0 saturated carbocycles. The Labute approximate surface area is 178 Å². The average Bonchev–Trinajstić information content (AvgIpc) is 2.97. The number of carbonyl (C=O) groups is 2. The van der Waals surface area contributed by atoms with Gasteiger partial charge in [0.25, 0.3) is 11.8 Å². The Morgan fingerprint density at radius 1 is 0.867 bits per heavy atom. The summed E-state index contributed by atoms with van der Waals surface area (Å²) in [6.07, 6.45) is 0. The zero-order chi connectivity index (χ0) is 21.4. The van der Waals surface area contributed by atoms with Crippen molar-refractivity contribution in [2.45, 2.75) is 13.8 Å². The molecular weight excluding hydrogens is 403 g/mol. The van der Waals surface area contributed by atoms with Gasteiger partial charge in [-0.05, 0) is 73.0 Å². The van der Waals surface area contributed by atoms with Gasteiger partial charge in [-0.2, -0.15) is 0 Å². The van der Waals surface area contributed by atoms with Crippen LogP contribution in [0.2, 0.25) is 5.02 Å². The minimum Gasteiger partial charge on any atom is -0.350 e. The number of nitrogens with one attached hydrogen (secondary N) is 1. The SMILES string of the molecule is Cc1cccc(NC2=C(c3ccc(Cl)cc3)C(=O)N(c3ccc(F)cc3)C2=O)c1C. The van der Waals surface area contributed by atoms with Gasteiger partial charge in [-0.15, -0.1) is 0 Å². The first-order valence-electron chi connectivity index (χ1n) is 9.34. The number of benzene rings is 3. The molecule has 4 nitrogen and oxygen atoms in total. The van der Waals surface area contributed by atoms with Gasteiger partial charge >= 0.3 is 0 Å². The second kappa shape index (κ2) is 7.76. The summed E-state index contributed by atoms with van der Waals surface area (Å²) in [7, 11) is 0. The average molecular weight is 421 g/mol. The summed E-state index contributed by atoms with van der Waals surface area (Å²) in [5, 5.41) is 3.69. The van der Waals surface area contributed by atoms with Gasteiger partial charge in [0.05, 0.1) is 11.3 Å². The molecule has 1 aliphatic rings. The van der Waals surface area contributed by atoms with Crippen molar-refractivity contribution in [2.24, 2.45) is 0 Å². The van der Waals surface area contributed by atoms with Gasteiger partial charge in [-0.1, -0.05) is 35.9 Å². The van der Waals surface area contributed by atoms with Crippen LogP contribution in [0.15, 0.2) is 72.4 Å². The van der Waals surface area contributed by atoms with Crippen LogP contribution in [0.3, 0.4) is 0 Å². The van der Waals surface area contributed by atoms with Crippen LogP contribution in [0.5, 0.6) is 0 Å². The maximum atomic E-state index is 13.4. The lowest BCUT2D eigenvalue weighted by molar-refractivity contribution is -0.120. The number of hydrogen-bond acceptors (Lipinski definition) is 3. The summed E-state index contributed by atoms with van der Waals surface area (Å²) >= 11 is 6.00. The number of aryl methyl sites for hydroxylation is 1. The number of carbonyl (C=O) groups excluding carboxylic acids is 2. The van der Waals surface area contributed by atoms with Crippen LogP contribution in [0.25, 0.3) is 5.57 Å². The van der Waals surface area contributed by atoms with Crippen LogP contribution in [-0.2, 0) is 9.59 Å². The van der Waals surface area contributed by atoms with Crippen LogP contribution in [-0.4, -0.2) is 11.8 Å². The number of nitrogens with zero attached hydrogens (tertiary/aromatic N) is 1. The molecule has 0 atom stereocenters. The normalized spacial score (nSPS) is 13.9. The molecule has 0 aliphatic carbocycles. The first kappa shape index (κ1) is 19.9. The van der Waals surface area contributed by atoms with E-state index in [4.69, 9.17) is 11.6 Å². The summed E-state index contributed by atoms with van der Waals surface area (Å²) in [6.45, 7) is 3.92. The van der Waals surface area contributed by atoms with E-state index in [0.29, 0.717) is 16.3 Å². The molecule has 0 aromatic heterocycles. The van der Waals surface area contributed by atoms with E-state index < -0.39 is 17.6 Å². The van der Waals surface area contributed by atoms with E-state index in [-0.39, 0.29) is 11.3 Å². The van der Waals surface area contributed by atoms with Crippen molar-refractivity contribution >= 4 is 40.4 Å². The quantitative estimate of drug-likeness (QED) is 0.567. The predicted molar refractivity (Wildman–Crippen MR) is 117 cm³/mol. The fourth-order valence-corrected chi connectivity index (χ4v) is 3.50. The number of halogens is 2. The molecule has 0 unspecified atom stereocenters. The largest absolute Gasteiger partial charge is 0.350 e. The van der Waals surface area contributed by atoms with E-state index in [9.17, 15) is 14.0 Å². The molecule has 1 heterocycles. The summed E-state index contributed by atoms with van der Waals surface area (Å²) in [5.74, 6) is -1.43. The van der Waals surface area contributed by atoms with Crippen LogP contribution >= 0.6 is 11.6 Å². The zero-order valence-corrected chi connectivity index (χ0v) is 17.1. The molecule has 3 aromatic carbocycles. The lowest BCUT2D eigenvalue weighted by atomic mass is 10.0. The number of imide groups is 1. The van der Waals surface area contributed by atoms with Crippen LogP contribution in [0.1, 0.15) is 16.7 Å². The van der Waals surface area contributed by atoms with Crippen LogP contribution in [0.4, 0.5) is 15.8 Å². The van der Waals surface area contributed by atoms with Crippen molar-refractivity contribution in [1.29, 1.82) is 0 Å². The third kappa shape index (κ3) is 3.48. The molecule has 0 radical (unpaired) electrons. The predicted octanol–water partition coefficient (Wildman–Crippen LogP) is 5.49. The molecule has 4 rings (SSSR count). The summed E-state index contributed by atoms with van der Waals surface area (Å²) in [4.78, 5) is 27.7. The Morgan fingerprint density at radius 2 is 1.53 bits per heavy atom. The Bertz CT molecular complexity index is 1180. The van der Waals surface area contributed by atoms with E-state index in [1.807, 2.05) is 32.0 Å². The maximum absolute atomic E-state index is 13.4. The molecule has 0 saturated heterocycles. The molecule has 0 bridgehead atoms. The van der Waals surface area contributed by atoms with Gasteiger partial charge in [-0.25, -0.2) is 9.29 Å². The Morgan fingerprint density at radius 3 is 2.20 bits per heavy atom. The minimum absolute atomic E-state index is 0.167. The summed E-state index contributed by atoms with van der Waals surface area (Å²) in [6, 6.07) is 17.7. The number of anilines is 2. The van der Waals surface area contributed by atoms with Gasteiger partial charge in [0.2, 0.25) is 0 Å². The second-order valence-corrected chi connectivity index (χ2v) is 7.49. The zero-order valence-electron chi connectivity index (χ0n) is 16.4. The van der Waals surface area contributed by atoms with E-state index in [1.54, 1.807) is 24.3 Å². The lowest BCUT2D eigenvalue weighted by Gasteiger charge is -2.16. The fourth-order valence-electron chi connectivity index (χ4n) is 3.38. The van der Waals surface area contributed by atoms with Crippen molar-refractivity contribution in [1.82, 2.24) is 0 Å². The fraction of sp³-hybridized carbons (Fsp3) is 0.0833. The highest BCUT2D eigenvalue weighted by Gasteiger charge is 2.40.